The van der Waals surface area contributed by atoms with Gasteiger partial charge in [-0.3, -0.25) is 5.32 Å². The van der Waals surface area contributed by atoms with E-state index >= 15 is 0 Å². The highest BCUT2D eigenvalue weighted by Gasteiger charge is 2.30. The van der Waals surface area contributed by atoms with E-state index in [2.05, 4.69) is 5.32 Å². The molecule has 1 aliphatic rings. The van der Waals surface area contributed by atoms with Gasteiger partial charge in [-0.1, -0.05) is 60.7 Å². The number of carboxylic acid groups (broad SMARTS) is 1. The number of fused-ring (bicyclic) bond motifs is 3. The second-order valence-corrected chi connectivity index (χ2v) is 7.17. The fraction of sp³-hybridized carbons (Fsp3) is 0.0909. The van der Waals surface area contributed by atoms with Crippen LogP contribution in [0.4, 0.5) is 23.4 Å². The number of anilines is 1. The quantitative estimate of drug-likeness (QED) is 0.575. The standard InChI is InChI=1S/C22H16BF3NO4/c24-23(25,26)14-9-13(21(28)29)10-15(11-14)27-22(30)31-12-20-18-7-3-1-5-16(18)17-6-2-4-8-19(17)20/h1-11,20H,12H2,(H,27,30)(H,28,29)/q-1. The highest BCUT2D eigenvalue weighted by atomic mass is 19.4. The summed E-state index contributed by atoms with van der Waals surface area (Å²) >= 11 is 0. The molecule has 0 atom stereocenters. The van der Waals surface area contributed by atoms with Crippen LogP contribution in [0.3, 0.4) is 0 Å². The third-order valence-corrected chi connectivity index (χ3v) is 5.17. The number of rotatable bonds is 5. The Bertz CT molecular complexity index is 1130. The van der Waals surface area contributed by atoms with Crippen molar-refractivity contribution in [1.29, 1.82) is 0 Å². The van der Waals surface area contributed by atoms with Crippen molar-refractivity contribution in [3.8, 4) is 11.1 Å². The minimum atomic E-state index is -5.44. The van der Waals surface area contributed by atoms with E-state index in [-0.39, 0.29) is 18.2 Å². The Morgan fingerprint density at radius 1 is 0.935 bits per heavy atom. The van der Waals surface area contributed by atoms with Crippen LogP contribution in [0.2, 0.25) is 0 Å². The minimum Gasteiger partial charge on any atom is -0.478 e. The van der Waals surface area contributed by atoms with Gasteiger partial charge in [0, 0.05) is 11.6 Å². The summed E-state index contributed by atoms with van der Waals surface area (Å²) in [5.74, 6) is -1.74. The first-order valence-electron chi connectivity index (χ1n) is 9.44. The van der Waals surface area contributed by atoms with Crippen molar-refractivity contribution in [3.05, 3.63) is 83.4 Å². The Morgan fingerprint density at radius 3 is 2.06 bits per heavy atom. The maximum atomic E-state index is 13.1. The topological polar surface area (TPSA) is 75.6 Å². The number of hydrogen-bond donors (Lipinski definition) is 2. The summed E-state index contributed by atoms with van der Waals surface area (Å²) in [5.41, 5.74) is 2.07. The number of hydrogen-bond acceptors (Lipinski definition) is 3. The Morgan fingerprint density at radius 2 is 1.52 bits per heavy atom. The lowest BCUT2D eigenvalue weighted by molar-refractivity contribution is 0.0697. The molecule has 31 heavy (non-hydrogen) atoms. The summed E-state index contributed by atoms with van der Waals surface area (Å²) < 4.78 is 44.6. The maximum absolute atomic E-state index is 13.1. The second kappa shape index (κ2) is 7.83. The van der Waals surface area contributed by atoms with Crippen LogP contribution in [0.5, 0.6) is 0 Å². The molecule has 1 aliphatic carbocycles. The summed E-state index contributed by atoms with van der Waals surface area (Å²) in [7, 11) is 0. The molecule has 9 heteroatoms. The highest BCUT2D eigenvalue weighted by Crippen LogP contribution is 2.44. The third kappa shape index (κ3) is 4.12. The van der Waals surface area contributed by atoms with Crippen LogP contribution in [-0.2, 0) is 4.74 Å². The first-order valence-corrected chi connectivity index (χ1v) is 9.44. The van der Waals surface area contributed by atoms with Crippen molar-refractivity contribution in [1.82, 2.24) is 0 Å². The van der Waals surface area contributed by atoms with E-state index < -0.39 is 30.1 Å². The molecule has 1 amide bonds. The zero-order chi connectivity index (χ0) is 22.2. The van der Waals surface area contributed by atoms with E-state index in [4.69, 9.17) is 9.84 Å². The van der Waals surface area contributed by atoms with Crippen LogP contribution in [-0.4, -0.2) is 30.8 Å². The van der Waals surface area contributed by atoms with Crippen molar-refractivity contribution in [2.75, 3.05) is 11.9 Å². The fourth-order valence-electron chi connectivity index (χ4n) is 3.79. The molecule has 4 rings (SSSR count). The van der Waals surface area contributed by atoms with Crippen molar-refractivity contribution >= 4 is 30.2 Å². The van der Waals surface area contributed by atoms with Gasteiger partial charge in [0.25, 0.3) is 0 Å². The third-order valence-electron chi connectivity index (χ3n) is 5.17. The predicted octanol–water partition coefficient (Wildman–Crippen LogP) is 4.80. The first-order chi connectivity index (χ1) is 14.7. The normalized spacial score (nSPS) is 12.7. The van der Waals surface area contributed by atoms with Gasteiger partial charge in [-0.25, -0.2) is 9.59 Å². The molecule has 0 spiro atoms. The fourth-order valence-corrected chi connectivity index (χ4v) is 3.79. The van der Waals surface area contributed by atoms with E-state index in [1.165, 1.54) is 0 Å². The van der Waals surface area contributed by atoms with Crippen LogP contribution in [0.15, 0.2) is 66.7 Å². The van der Waals surface area contributed by atoms with E-state index in [0.717, 1.165) is 28.3 Å². The van der Waals surface area contributed by atoms with E-state index in [1.54, 1.807) is 0 Å². The van der Waals surface area contributed by atoms with E-state index in [0.29, 0.717) is 12.1 Å². The van der Waals surface area contributed by atoms with Crippen LogP contribution in [0.1, 0.15) is 27.4 Å². The van der Waals surface area contributed by atoms with Crippen molar-refractivity contribution in [2.24, 2.45) is 0 Å². The van der Waals surface area contributed by atoms with Gasteiger partial charge < -0.3 is 22.8 Å². The Hall–Kier alpha value is -3.75. The molecule has 0 unspecified atom stereocenters. The predicted molar refractivity (Wildman–Crippen MR) is 111 cm³/mol. The zero-order valence-corrected chi connectivity index (χ0v) is 16.0. The molecule has 2 N–H and O–H groups in total. The summed E-state index contributed by atoms with van der Waals surface area (Å²) in [4.78, 5) is 23.4. The number of halogens is 3. The van der Waals surface area contributed by atoms with Crippen molar-refractivity contribution < 1.29 is 32.4 Å². The average Bonchev–Trinajstić information content (AvgIpc) is 3.05. The largest absolute Gasteiger partial charge is 0.509 e. The van der Waals surface area contributed by atoms with Crippen LogP contribution >= 0.6 is 0 Å². The summed E-state index contributed by atoms with van der Waals surface area (Å²) in [6, 6.07) is 17.6. The lowest BCUT2D eigenvalue weighted by Crippen LogP contribution is -2.35. The summed E-state index contributed by atoms with van der Waals surface area (Å²) in [6.07, 6.45) is -0.968. The second-order valence-electron chi connectivity index (χ2n) is 7.17. The highest BCUT2D eigenvalue weighted by molar-refractivity contribution is 6.73. The molecule has 3 aromatic carbocycles. The van der Waals surface area contributed by atoms with Gasteiger partial charge >= 0.3 is 19.0 Å². The molecule has 0 bridgehead atoms. The monoisotopic (exact) mass is 426 g/mol. The Labute approximate surface area is 175 Å². The molecule has 0 fully saturated rings. The molecule has 0 radical (unpaired) electrons. The molecular weight excluding hydrogens is 410 g/mol. The van der Waals surface area contributed by atoms with Gasteiger partial charge in [-0.05, 0) is 28.3 Å². The van der Waals surface area contributed by atoms with Gasteiger partial charge in [0.15, 0.2) is 0 Å². The molecular formula is C22H16BF3NO4-. The van der Waals surface area contributed by atoms with E-state index in [1.807, 2.05) is 48.5 Å². The van der Waals surface area contributed by atoms with Crippen molar-refractivity contribution in [3.63, 3.8) is 0 Å². The number of ether oxygens (including phenoxy) is 1. The lowest BCUT2D eigenvalue weighted by atomic mass is 9.79. The number of carbonyl (C=O) groups excluding carboxylic acids is 1. The maximum Gasteiger partial charge on any atom is 0.509 e. The molecule has 158 valence electrons. The molecule has 5 nitrogen and oxygen atoms in total. The lowest BCUT2D eigenvalue weighted by Gasteiger charge is -2.18. The molecule has 0 saturated heterocycles. The number of nitrogens with one attached hydrogen (secondary N) is 1. The number of amides is 1. The molecule has 0 saturated carbocycles. The van der Waals surface area contributed by atoms with Crippen molar-refractivity contribution in [2.45, 2.75) is 5.92 Å². The molecule has 0 aromatic heterocycles. The van der Waals surface area contributed by atoms with Gasteiger partial charge in [0.2, 0.25) is 0 Å². The van der Waals surface area contributed by atoms with Gasteiger partial charge in [-0.15, -0.1) is 5.46 Å². The van der Waals surface area contributed by atoms with Gasteiger partial charge in [0.1, 0.15) is 6.61 Å². The first kappa shape index (κ1) is 20.5. The average molecular weight is 426 g/mol. The van der Waals surface area contributed by atoms with Gasteiger partial charge in [0.05, 0.1) is 5.56 Å². The van der Waals surface area contributed by atoms with Gasteiger partial charge in [-0.2, -0.15) is 0 Å². The number of benzene rings is 3. The minimum absolute atomic E-state index is 0.0193. The Kier molecular flexibility index (Phi) is 5.18. The molecule has 0 heterocycles. The molecule has 3 aromatic rings. The SMILES string of the molecule is O=C(Nc1cc(C(=O)O)cc([B-](F)(F)F)c1)OCC1c2ccccc2-c2ccccc21. The number of carbonyl (C=O) groups is 2. The van der Waals surface area contributed by atoms with Crippen LogP contribution in [0, 0.1) is 0 Å². The number of aromatic carboxylic acids is 1. The van der Waals surface area contributed by atoms with Crippen LogP contribution < -0.4 is 10.8 Å². The smallest absolute Gasteiger partial charge is 0.478 e. The number of carboxylic acids is 1. The summed E-state index contributed by atoms with van der Waals surface area (Å²) in [5, 5.41) is 11.3. The summed E-state index contributed by atoms with van der Waals surface area (Å²) in [6.45, 7) is -5.46. The molecule has 0 aliphatic heterocycles. The van der Waals surface area contributed by atoms with E-state index in [9.17, 15) is 22.5 Å². The van der Waals surface area contributed by atoms with Crippen LogP contribution in [0.25, 0.3) is 11.1 Å². The zero-order valence-electron chi connectivity index (χ0n) is 16.0. The Balaban J connectivity index is 1.52.